The van der Waals surface area contributed by atoms with E-state index < -0.39 is 5.97 Å². The molecule has 0 bridgehead atoms. The van der Waals surface area contributed by atoms with Crippen molar-refractivity contribution in [1.82, 2.24) is 9.80 Å². The molecule has 0 saturated carbocycles. The summed E-state index contributed by atoms with van der Waals surface area (Å²) in [5, 5.41) is 9.23. The zero-order chi connectivity index (χ0) is 15.9. The first kappa shape index (κ1) is 16.5. The van der Waals surface area contributed by atoms with E-state index in [2.05, 4.69) is 11.8 Å². The summed E-state index contributed by atoms with van der Waals surface area (Å²) in [5.74, 6) is -1.22. The molecule has 22 heavy (non-hydrogen) atoms. The minimum absolute atomic E-state index is 0.0830. The predicted octanol–water partition coefficient (Wildman–Crippen LogP) is 2.33. The molecule has 1 saturated heterocycles. The van der Waals surface area contributed by atoms with Gasteiger partial charge in [0.2, 0.25) is 0 Å². The quantitative estimate of drug-likeness (QED) is 0.907. The van der Waals surface area contributed by atoms with E-state index >= 15 is 0 Å². The molecule has 1 aliphatic heterocycles. The van der Waals surface area contributed by atoms with Crippen LogP contribution in [0.4, 0.5) is 0 Å². The van der Waals surface area contributed by atoms with Gasteiger partial charge in [-0.1, -0.05) is 25.5 Å². The maximum atomic E-state index is 12.6. The molecule has 2 rings (SSSR count). The van der Waals surface area contributed by atoms with Crippen molar-refractivity contribution in [3.63, 3.8) is 0 Å². The van der Waals surface area contributed by atoms with Crippen molar-refractivity contribution in [2.45, 2.75) is 26.2 Å². The lowest BCUT2D eigenvalue weighted by atomic mass is 10.1. The summed E-state index contributed by atoms with van der Waals surface area (Å²) >= 11 is 0. The van der Waals surface area contributed by atoms with Crippen LogP contribution < -0.4 is 0 Å². The average molecular weight is 304 g/mol. The van der Waals surface area contributed by atoms with Crippen LogP contribution in [-0.4, -0.2) is 59.5 Å². The van der Waals surface area contributed by atoms with Crippen molar-refractivity contribution in [2.75, 3.05) is 32.7 Å². The standard InChI is InChI=1S/C17H24N2O3/c1-2-3-9-18-10-6-11-19(13-12-18)16(20)14-7-4-5-8-15(14)17(21)22/h4-5,7-8H,2-3,6,9-13H2,1H3,(H,21,22). The molecule has 5 heteroatoms. The lowest BCUT2D eigenvalue weighted by Gasteiger charge is -2.22. The van der Waals surface area contributed by atoms with E-state index in [0.717, 1.165) is 26.1 Å². The number of amides is 1. The number of hydrogen-bond acceptors (Lipinski definition) is 3. The maximum Gasteiger partial charge on any atom is 0.336 e. The van der Waals surface area contributed by atoms with Gasteiger partial charge < -0.3 is 14.9 Å². The van der Waals surface area contributed by atoms with Gasteiger partial charge in [-0.05, 0) is 38.1 Å². The van der Waals surface area contributed by atoms with E-state index in [1.165, 1.54) is 18.9 Å². The second-order valence-electron chi connectivity index (χ2n) is 5.69. The van der Waals surface area contributed by atoms with Crippen LogP contribution in [0.15, 0.2) is 24.3 Å². The Morgan fingerprint density at radius 2 is 1.82 bits per heavy atom. The Hall–Kier alpha value is -1.88. The highest BCUT2D eigenvalue weighted by molar-refractivity contribution is 6.04. The molecule has 0 unspecified atom stereocenters. The van der Waals surface area contributed by atoms with Crippen LogP contribution in [0.2, 0.25) is 0 Å². The fraction of sp³-hybridized carbons (Fsp3) is 0.529. The second-order valence-corrected chi connectivity index (χ2v) is 5.69. The van der Waals surface area contributed by atoms with Crippen LogP contribution in [-0.2, 0) is 0 Å². The Labute approximate surface area is 131 Å². The van der Waals surface area contributed by atoms with Gasteiger partial charge in [0.15, 0.2) is 0 Å². The van der Waals surface area contributed by atoms with Gasteiger partial charge in [-0.15, -0.1) is 0 Å². The second kappa shape index (κ2) is 7.94. The molecule has 120 valence electrons. The minimum atomic E-state index is -1.05. The molecule has 1 amide bonds. The molecule has 0 atom stereocenters. The third kappa shape index (κ3) is 4.07. The summed E-state index contributed by atoms with van der Waals surface area (Å²) in [7, 11) is 0. The maximum absolute atomic E-state index is 12.6. The van der Waals surface area contributed by atoms with E-state index in [-0.39, 0.29) is 17.0 Å². The normalized spacial score (nSPS) is 16.3. The van der Waals surface area contributed by atoms with Crippen molar-refractivity contribution in [2.24, 2.45) is 0 Å². The Balaban J connectivity index is 2.06. The van der Waals surface area contributed by atoms with Gasteiger partial charge in [0.05, 0.1) is 11.1 Å². The first-order valence-corrected chi connectivity index (χ1v) is 7.97. The molecule has 1 aromatic rings. The molecule has 1 N–H and O–H groups in total. The van der Waals surface area contributed by atoms with Crippen LogP contribution in [0, 0.1) is 0 Å². The van der Waals surface area contributed by atoms with E-state index in [0.29, 0.717) is 13.1 Å². The minimum Gasteiger partial charge on any atom is -0.478 e. The number of hydrogen-bond donors (Lipinski definition) is 1. The lowest BCUT2D eigenvalue weighted by molar-refractivity contribution is 0.0676. The van der Waals surface area contributed by atoms with Gasteiger partial charge in [-0.2, -0.15) is 0 Å². The van der Waals surface area contributed by atoms with Gasteiger partial charge in [-0.25, -0.2) is 4.79 Å². The smallest absolute Gasteiger partial charge is 0.336 e. The number of carboxylic acid groups (broad SMARTS) is 1. The Morgan fingerprint density at radius 3 is 2.50 bits per heavy atom. The number of nitrogens with zero attached hydrogens (tertiary/aromatic N) is 2. The molecule has 1 heterocycles. The van der Waals surface area contributed by atoms with Crippen molar-refractivity contribution in [3.05, 3.63) is 35.4 Å². The number of rotatable bonds is 5. The molecule has 1 aliphatic rings. The van der Waals surface area contributed by atoms with Crippen molar-refractivity contribution < 1.29 is 14.7 Å². The molecule has 1 fully saturated rings. The van der Waals surface area contributed by atoms with Gasteiger partial charge in [-0.3, -0.25) is 4.79 Å². The van der Waals surface area contributed by atoms with Gasteiger partial charge in [0, 0.05) is 19.6 Å². The van der Waals surface area contributed by atoms with Crippen molar-refractivity contribution in [1.29, 1.82) is 0 Å². The largest absolute Gasteiger partial charge is 0.478 e. The average Bonchev–Trinajstić information content (AvgIpc) is 2.77. The van der Waals surface area contributed by atoms with Gasteiger partial charge in [0.25, 0.3) is 5.91 Å². The summed E-state index contributed by atoms with van der Waals surface area (Å²) in [6.45, 7) is 6.47. The molecule has 5 nitrogen and oxygen atoms in total. The van der Waals surface area contributed by atoms with E-state index in [1.54, 1.807) is 23.1 Å². The number of carbonyl (C=O) groups excluding carboxylic acids is 1. The van der Waals surface area contributed by atoms with Crippen LogP contribution >= 0.6 is 0 Å². The molecule has 0 aliphatic carbocycles. The summed E-state index contributed by atoms with van der Waals surface area (Å²) in [6.07, 6.45) is 3.28. The van der Waals surface area contributed by atoms with Gasteiger partial charge in [0.1, 0.15) is 0 Å². The lowest BCUT2D eigenvalue weighted by Crippen LogP contribution is -2.36. The number of unbranched alkanes of at least 4 members (excludes halogenated alkanes) is 1. The summed E-state index contributed by atoms with van der Waals surface area (Å²) in [5.41, 5.74) is 0.372. The zero-order valence-electron chi connectivity index (χ0n) is 13.1. The van der Waals surface area contributed by atoms with Crippen LogP contribution in [0.5, 0.6) is 0 Å². The topological polar surface area (TPSA) is 60.9 Å². The first-order chi connectivity index (χ1) is 10.6. The molecule has 0 radical (unpaired) electrons. The molecular formula is C17H24N2O3. The Kier molecular flexibility index (Phi) is 5.95. The fourth-order valence-corrected chi connectivity index (χ4v) is 2.81. The predicted molar refractivity (Wildman–Crippen MR) is 85.3 cm³/mol. The summed E-state index contributed by atoms with van der Waals surface area (Å²) < 4.78 is 0. The highest BCUT2D eigenvalue weighted by Crippen LogP contribution is 2.14. The number of carboxylic acids is 1. The first-order valence-electron chi connectivity index (χ1n) is 7.97. The number of carbonyl (C=O) groups is 2. The van der Waals surface area contributed by atoms with E-state index in [1.807, 2.05) is 0 Å². The monoisotopic (exact) mass is 304 g/mol. The SMILES string of the molecule is CCCCN1CCCN(C(=O)c2ccccc2C(=O)O)CC1. The fourth-order valence-electron chi connectivity index (χ4n) is 2.81. The van der Waals surface area contributed by atoms with E-state index in [9.17, 15) is 14.7 Å². The third-order valence-corrected chi connectivity index (χ3v) is 4.09. The molecule has 0 aromatic heterocycles. The van der Waals surface area contributed by atoms with Crippen molar-refractivity contribution in [3.8, 4) is 0 Å². The molecule has 0 spiro atoms. The third-order valence-electron chi connectivity index (χ3n) is 4.09. The number of aromatic carboxylic acids is 1. The Bertz CT molecular complexity index is 530. The van der Waals surface area contributed by atoms with Gasteiger partial charge >= 0.3 is 5.97 Å². The highest BCUT2D eigenvalue weighted by atomic mass is 16.4. The Morgan fingerprint density at radius 1 is 1.09 bits per heavy atom. The van der Waals surface area contributed by atoms with Crippen LogP contribution in [0.25, 0.3) is 0 Å². The number of benzene rings is 1. The van der Waals surface area contributed by atoms with Crippen LogP contribution in [0.3, 0.4) is 0 Å². The highest BCUT2D eigenvalue weighted by Gasteiger charge is 2.23. The molecular weight excluding hydrogens is 280 g/mol. The molecule has 1 aromatic carbocycles. The summed E-state index contributed by atoms with van der Waals surface area (Å²) in [6, 6.07) is 6.45. The summed E-state index contributed by atoms with van der Waals surface area (Å²) in [4.78, 5) is 28.1. The van der Waals surface area contributed by atoms with Crippen LogP contribution in [0.1, 0.15) is 46.9 Å². The zero-order valence-corrected chi connectivity index (χ0v) is 13.1. The van der Waals surface area contributed by atoms with Crippen molar-refractivity contribution >= 4 is 11.9 Å². The van der Waals surface area contributed by atoms with E-state index in [4.69, 9.17) is 0 Å².